The molecule has 2 rings (SSSR count). The molecule has 0 aliphatic heterocycles. The number of ether oxygens (including phenoxy) is 2. The minimum absolute atomic E-state index is 0.0349. The van der Waals surface area contributed by atoms with Crippen molar-refractivity contribution in [3.63, 3.8) is 0 Å². The molecule has 0 spiro atoms. The Kier molecular flexibility index (Phi) is 7.86. The number of methoxy groups -OCH3 is 1. The summed E-state index contributed by atoms with van der Waals surface area (Å²) in [6, 6.07) is 7.51. The Morgan fingerprint density at radius 2 is 1.92 bits per heavy atom. The first-order valence-electron chi connectivity index (χ1n) is 8.43. The summed E-state index contributed by atoms with van der Waals surface area (Å²) < 4.78 is 15.8. The van der Waals surface area contributed by atoms with Gasteiger partial charge in [0.1, 0.15) is 0 Å². The molecule has 0 saturated heterocycles. The standard InChI is InChI=1S/C18H24BNO6/c1-3-6-25-18-8-13(4-5-17(18)24-2)14-7-15(10-20-9-14)16(11-21)12-26-19(22)23/h4-5,7-10,16,21-23H,3,6,11-12H2,1-2H3. The maximum Gasteiger partial charge on any atom is 0.633 e. The van der Waals surface area contributed by atoms with Crippen LogP contribution in [0.25, 0.3) is 11.1 Å². The van der Waals surface area contributed by atoms with Crippen molar-refractivity contribution in [1.82, 2.24) is 4.98 Å². The van der Waals surface area contributed by atoms with Crippen LogP contribution in [0.1, 0.15) is 24.8 Å². The number of aromatic nitrogens is 1. The smallest absolute Gasteiger partial charge is 0.493 e. The predicted octanol–water partition coefficient (Wildman–Crippen LogP) is 1.61. The highest BCUT2D eigenvalue weighted by atomic mass is 16.6. The number of pyridine rings is 1. The number of benzene rings is 1. The van der Waals surface area contributed by atoms with Crippen molar-refractivity contribution in [3.8, 4) is 22.6 Å². The third-order valence-corrected chi connectivity index (χ3v) is 3.86. The fourth-order valence-corrected chi connectivity index (χ4v) is 2.48. The van der Waals surface area contributed by atoms with Crippen LogP contribution in [-0.2, 0) is 4.65 Å². The van der Waals surface area contributed by atoms with Gasteiger partial charge in [0.25, 0.3) is 0 Å². The van der Waals surface area contributed by atoms with Gasteiger partial charge in [0.05, 0.1) is 20.3 Å². The van der Waals surface area contributed by atoms with Gasteiger partial charge in [-0.2, -0.15) is 0 Å². The molecule has 1 atom stereocenters. The van der Waals surface area contributed by atoms with Crippen molar-refractivity contribution in [2.75, 3.05) is 26.9 Å². The number of aliphatic hydroxyl groups excluding tert-OH is 1. The lowest BCUT2D eigenvalue weighted by Crippen LogP contribution is -2.22. The monoisotopic (exact) mass is 361 g/mol. The fraction of sp³-hybridized carbons (Fsp3) is 0.389. The van der Waals surface area contributed by atoms with E-state index in [4.69, 9.17) is 24.2 Å². The average Bonchev–Trinajstić information content (AvgIpc) is 2.66. The molecule has 7 nitrogen and oxygen atoms in total. The van der Waals surface area contributed by atoms with Gasteiger partial charge >= 0.3 is 7.32 Å². The van der Waals surface area contributed by atoms with Gasteiger partial charge in [0.15, 0.2) is 11.5 Å². The molecule has 1 heterocycles. The van der Waals surface area contributed by atoms with E-state index >= 15 is 0 Å². The predicted molar refractivity (Wildman–Crippen MR) is 98.0 cm³/mol. The van der Waals surface area contributed by atoms with Gasteiger partial charge in [0.2, 0.25) is 0 Å². The van der Waals surface area contributed by atoms with Crippen LogP contribution in [0.2, 0.25) is 0 Å². The first-order valence-corrected chi connectivity index (χ1v) is 8.43. The molecule has 8 heteroatoms. The van der Waals surface area contributed by atoms with Crippen LogP contribution >= 0.6 is 0 Å². The van der Waals surface area contributed by atoms with Crippen molar-refractivity contribution < 1.29 is 29.3 Å². The summed E-state index contributed by atoms with van der Waals surface area (Å²) in [7, 11) is -0.280. The summed E-state index contributed by atoms with van der Waals surface area (Å²) in [5, 5.41) is 27.2. The Labute approximate surface area is 153 Å². The van der Waals surface area contributed by atoms with Gasteiger partial charge in [-0.3, -0.25) is 4.98 Å². The van der Waals surface area contributed by atoms with E-state index in [-0.39, 0.29) is 13.2 Å². The second-order valence-electron chi connectivity index (χ2n) is 5.76. The van der Waals surface area contributed by atoms with Crippen molar-refractivity contribution in [3.05, 3.63) is 42.2 Å². The van der Waals surface area contributed by atoms with Gasteiger partial charge in [0, 0.05) is 30.5 Å². The van der Waals surface area contributed by atoms with Crippen LogP contribution in [0.5, 0.6) is 11.5 Å². The number of aliphatic hydroxyl groups is 1. The van der Waals surface area contributed by atoms with Crippen molar-refractivity contribution in [1.29, 1.82) is 0 Å². The molecule has 0 bridgehead atoms. The van der Waals surface area contributed by atoms with E-state index in [9.17, 15) is 5.11 Å². The van der Waals surface area contributed by atoms with E-state index in [2.05, 4.69) is 4.98 Å². The third-order valence-electron chi connectivity index (χ3n) is 3.86. The maximum atomic E-state index is 9.56. The molecule has 1 unspecified atom stereocenters. The molecular formula is C18H24BNO6. The van der Waals surface area contributed by atoms with Crippen molar-refractivity contribution in [2.45, 2.75) is 19.3 Å². The third kappa shape index (κ3) is 5.44. The fourth-order valence-electron chi connectivity index (χ4n) is 2.48. The summed E-state index contributed by atoms with van der Waals surface area (Å²) in [6.45, 7) is 2.38. The van der Waals surface area contributed by atoms with Gasteiger partial charge < -0.3 is 29.3 Å². The molecular weight excluding hydrogens is 337 g/mol. The van der Waals surface area contributed by atoms with Gasteiger partial charge in [-0.15, -0.1) is 0 Å². The van der Waals surface area contributed by atoms with Crippen LogP contribution in [-0.4, -0.2) is 54.4 Å². The summed E-state index contributed by atoms with van der Waals surface area (Å²) in [6.07, 6.45) is 4.22. The van der Waals surface area contributed by atoms with E-state index in [1.807, 2.05) is 31.2 Å². The first-order chi connectivity index (χ1) is 12.6. The minimum Gasteiger partial charge on any atom is -0.493 e. The lowest BCUT2D eigenvalue weighted by molar-refractivity contribution is 0.148. The zero-order valence-corrected chi connectivity index (χ0v) is 15.0. The molecule has 2 aromatic rings. The number of nitrogens with zero attached hydrogens (tertiary/aromatic N) is 1. The molecule has 1 aromatic heterocycles. The normalized spacial score (nSPS) is 11.9. The zero-order chi connectivity index (χ0) is 18.9. The van der Waals surface area contributed by atoms with Crippen LogP contribution in [0.4, 0.5) is 0 Å². The molecule has 0 radical (unpaired) electrons. The second-order valence-corrected chi connectivity index (χ2v) is 5.76. The van der Waals surface area contributed by atoms with Crippen LogP contribution < -0.4 is 9.47 Å². The Morgan fingerprint density at radius 3 is 2.58 bits per heavy atom. The number of hydrogen-bond donors (Lipinski definition) is 3. The van der Waals surface area contributed by atoms with Gasteiger partial charge in [-0.25, -0.2) is 0 Å². The molecule has 0 aliphatic rings. The topological polar surface area (TPSA) is 101 Å². The highest BCUT2D eigenvalue weighted by molar-refractivity contribution is 6.32. The molecule has 0 fully saturated rings. The minimum atomic E-state index is -1.87. The summed E-state index contributed by atoms with van der Waals surface area (Å²) >= 11 is 0. The van der Waals surface area contributed by atoms with Crippen LogP contribution in [0.3, 0.4) is 0 Å². The van der Waals surface area contributed by atoms with E-state index in [1.54, 1.807) is 19.5 Å². The molecule has 3 N–H and O–H groups in total. The second kappa shape index (κ2) is 10.1. The lowest BCUT2D eigenvalue weighted by atomic mass is 9.98. The van der Waals surface area contributed by atoms with Crippen molar-refractivity contribution in [2.24, 2.45) is 0 Å². The molecule has 140 valence electrons. The maximum absolute atomic E-state index is 9.56. The Morgan fingerprint density at radius 1 is 1.12 bits per heavy atom. The van der Waals surface area contributed by atoms with E-state index < -0.39 is 13.2 Å². The van der Waals surface area contributed by atoms with Crippen molar-refractivity contribution >= 4 is 7.32 Å². The lowest BCUT2D eigenvalue weighted by Gasteiger charge is -2.16. The summed E-state index contributed by atoms with van der Waals surface area (Å²) in [5.41, 5.74) is 2.47. The average molecular weight is 361 g/mol. The van der Waals surface area contributed by atoms with Crippen LogP contribution in [0.15, 0.2) is 36.7 Å². The molecule has 0 aliphatic carbocycles. The molecule has 1 aromatic carbocycles. The van der Waals surface area contributed by atoms with Crippen LogP contribution in [0, 0.1) is 0 Å². The molecule has 26 heavy (non-hydrogen) atoms. The Bertz CT molecular complexity index is 697. The summed E-state index contributed by atoms with van der Waals surface area (Å²) in [5.74, 6) is 0.894. The SMILES string of the molecule is CCCOc1cc(-c2cncc(C(CO)COB(O)O)c2)ccc1OC. The number of rotatable bonds is 10. The Balaban J connectivity index is 2.28. The summed E-state index contributed by atoms with van der Waals surface area (Å²) in [4.78, 5) is 4.23. The highest BCUT2D eigenvalue weighted by Crippen LogP contribution is 2.33. The zero-order valence-electron chi connectivity index (χ0n) is 15.0. The number of hydrogen-bond acceptors (Lipinski definition) is 7. The first kappa shape index (κ1) is 20.2. The Hall–Kier alpha value is -2.13. The molecule has 0 saturated carbocycles. The van der Waals surface area contributed by atoms with Gasteiger partial charge in [-0.1, -0.05) is 13.0 Å². The highest BCUT2D eigenvalue weighted by Gasteiger charge is 2.17. The largest absolute Gasteiger partial charge is 0.633 e. The van der Waals surface area contributed by atoms with E-state index in [0.717, 1.165) is 23.1 Å². The molecule has 0 amide bonds. The van der Waals surface area contributed by atoms with E-state index in [1.165, 1.54) is 0 Å². The quantitative estimate of drug-likeness (QED) is 0.553. The van der Waals surface area contributed by atoms with Gasteiger partial charge in [-0.05, 0) is 35.7 Å². The van der Waals surface area contributed by atoms with E-state index in [0.29, 0.717) is 18.1 Å².